The second-order valence-electron chi connectivity index (χ2n) is 4.63. The molecule has 3 N–H and O–H groups in total. The fourth-order valence-electron chi connectivity index (χ4n) is 1.37. The fraction of sp³-hybridized carbons (Fsp3) is 0.429. The van der Waals surface area contributed by atoms with Crippen LogP contribution in [0.1, 0.15) is 19.4 Å². The van der Waals surface area contributed by atoms with Gasteiger partial charge in [-0.1, -0.05) is 44.2 Å². The number of esters is 1. The number of hydrogen-bond donors (Lipinski definition) is 2. The Balaban J connectivity index is 2.27. The highest BCUT2D eigenvalue weighted by Gasteiger charge is 2.17. The van der Waals surface area contributed by atoms with Crippen molar-refractivity contribution in [2.45, 2.75) is 26.5 Å². The molecule has 5 nitrogen and oxygen atoms in total. The molecule has 1 amide bonds. The smallest absolute Gasteiger partial charge is 0.325 e. The van der Waals surface area contributed by atoms with Gasteiger partial charge in [-0.25, -0.2) is 0 Å². The molecule has 0 saturated carbocycles. The predicted octanol–water partition coefficient (Wildman–Crippen LogP) is 0.829. The summed E-state index contributed by atoms with van der Waals surface area (Å²) in [6.07, 6.45) is 0. The van der Waals surface area contributed by atoms with E-state index in [9.17, 15) is 9.59 Å². The Morgan fingerprint density at radius 3 is 2.47 bits per heavy atom. The molecule has 0 radical (unpaired) electrons. The number of carbonyl (C=O) groups excluding carboxylic acids is 2. The first-order valence-electron chi connectivity index (χ1n) is 6.23. The Kier molecular flexibility index (Phi) is 6.02. The van der Waals surface area contributed by atoms with Crippen LogP contribution in [-0.2, 0) is 20.9 Å². The van der Waals surface area contributed by atoms with E-state index in [2.05, 4.69) is 5.32 Å². The summed E-state index contributed by atoms with van der Waals surface area (Å²) in [5, 5.41) is 2.46. The van der Waals surface area contributed by atoms with Gasteiger partial charge >= 0.3 is 5.97 Å². The van der Waals surface area contributed by atoms with Crippen LogP contribution in [0.5, 0.6) is 0 Å². The summed E-state index contributed by atoms with van der Waals surface area (Å²) in [6.45, 7) is 3.73. The van der Waals surface area contributed by atoms with E-state index in [0.29, 0.717) is 0 Å². The number of hydrogen-bond acceptors (Lipinski definition) is 4. The molecule has 1 aromatic rings. The van der Waals surface area contributed by atoms with Crippen molar-refractivity contribution < 1.29 is 14.3 Å². The van der Waals surface area contributed by atoms with Gasteiger partial charge in [0.2, 0.25) is 5.91 Å². The van der Waals surface area contributed by atoms with Crippen molar-refractivity contribution in [1.82, 2.24) is 5.32 Å². The minimum absolute atomic E-state index is 0.0281. The lowest BCUT2D eigenvalue weighted by Gasteiger charge is -2.14. The summed E-state index contributed by atoms with van der Waals surface area (Å²) >= 11 is 0. The number of benzene rings is 1. The summed E-state index contributed by atoms with van der Waals surface area (Å²) in [7, 11) is 0. The molecule has 0 aliphatic carbocycles. The highest BCUT2D eigenvalue weighted by molar-refractivity contribution is 5.85. The van der Waals surface area contributed by atoms with E-state index in [1.807, 2.05) is 44.2 Å². The van der Waals surface area contributed by atoms with Gasteiger partial charge in [-0.15, -0.1) is 0 Å². The monoisotopic (exact) mass is 264 g/mol. The molecular formula is C14H20N2O3. The van der Waals surface area contributed by atoms with Crippen molar-refractivity contribution in [1.29, 1.82) is 0 Å². The van der Waals surface area contributed by atoms with E-state index in [-0.39, 0.29) is 25.0 Å². The molecule has 19 heavy (non-hydrogen) atoms. The number of carbonyl (C=O) groups is 2. The van der Waals surface area contributed by atoms with Crippen LogP contribution in [0.4, 0.5) is 0 Å². The van der Waals surface area contributed by atoms with Crippen LogP contribution in [0.2, 0.25) is 0 Å². The quantitative estimate of drug-likeness (QED) is 0.746. The topological polar surface area (TPSA) is 81.4 Å². The second kappa shape index (κ2) is 7.53. The van der Waals surface area contributed by atoms with E-state index in [0.717, 1.165) is 5.56 Å². The van der Waals surface area contributed by atoms with E-state index >= 15 is 0 Å². The summed E-state index contributed by atoms with van der Waals surface area (Å²) < 4.78 is 5.02. The third-order valence-corrected chi connectivity index (χ3v) is 2.67. The molecule has 104 valence electrons. The number of ether oxygens (including phenoxy) is 1. The molecule has 1 atom stereocenters. The average Bonchev–Trinajstić information content (AvgIpc) is 2.42. The molecule has 1 aromatic carbocycles. The van der Waals surface area contributed by atoms with E-state index in [4.69, 9.17) is 10.5 Å². The molecule has 0 aromatic heterocycles. The van der Waals surface area contributed by atoms with Crippen LogP contribution in [-0.4, -0.2) is 24.5 Å². The highest BCUT2D eigenvalue weighted by Crippen LogP contribution is 2.01. The molecule has 1 unspecified atom stereocenters. The van der Waals surface area contributed by atoms with Crippen LogP contribution in [0.3, 0.4) is 0 Å². The van der Waals surface area contributed by atoms with Gasteiger partial charge in [0.1, 0.15) is 13.2 Å². The standard InChI is InChI=1S/C14H20N2O3/c1-10(2)13(15)14(18)16-8-12(17)19-9-11-6-4-3-5-7-11/h3-7,10,13H,8-9,15H2,1-2H3,(H,16,18). The zero-order valence-corrected chi connectivity index (χ0v) is 11.3. The van der Waals surface area contributed by atoms with E-state index < -0.39 is 12.0 Å². The summed E-state index contributed by atoms with van der Waals surface area (Å²) in [4.78, 5) is 23.0. The third kappa shape index (κ3) is 5.52. The van der Waals surface area contributed by atoms with Gasteiger partial charge in [-0.05, 0) is 11.5 Å². The van der Waals surface area contributed by atoms with Gasteiger partial charge in [-0.3, -0.25) is 9.59 Å². The lowest BCUT2D eigenvalue weighted by molar-refractivity contribution is -0.145. The van der Waals surface area contributed by atoms with Crippen molar-refractivity contribution in [3.05, 3.63) is 35.9 Å². The predicted molar refractivity (Wildman–Crippen MR) is 72.1 cm³/mol. The second-order valence-corrected chi connectivity index (χ2v) is 4.63. The Morgan fingerprint density at radius 2 is 1.89 bits per heavy atom. The lowest BCUT2D eigenvalue weighted by atomic mass is 10.1. The van der Waals surface area contributed by atoms with Gasteiger partial charge in [0.25, 0.3) is 0 Å². The highest BCUT2D eigenvalue weighted by atomic mass is 16.5. The number of rotatable bonds is 6. The van der Waals surface area contributed by atoms with E-state index in [1.165, 1.54) is 0 Å². The first-order valence-corrected chi connectivity index (χ1v) is 6.23. The molecule has 0 spiro atoms. The van der Waals surface area contributed by atoms with Crippen LogP contribution >= 0.6 is 0 Å². The Hall–Kier alpha value is -1.88. The Morgan fingerprint density at radius 1 is 1.26 bits per heavy atom. The SMILES string of the molecule is CC(C)C(N)C(=O)NCC(=O)OCc1ccccc1. The summed E-state index contributed by atoms with van der Waals surface area (Å²) in [5.74, 6) is -0.792. The van der Waals surface area contributed by atoms with Gasteiger partial charge < -0.3 is 15.8 Å². The zero-order valence-electron chi connectivity index (χ0n) is 11.3. The maximum Gasteiger partial charge on any atom is 0.325 e. The molecule has 0 aliphatic heterocycles. The number of amides is 1. The molecule has 0 heterocycles. The minimum Gasteiger partial charge on any atom is -0.460 e. The van der Waals surface area contributed by atoms with E-state index in [1.54, 1.807) is 0 Å². The van der Waals surface area contributed by atoms with Crippen LogP contribution in [0.25, 0.3) is 0 Å². The number of nitrogens with two attached hydrogens (primary N) is 1. The Labute approximate surface area is 113 Å². The van der Waals surface area contributed by atoms with Crippen molar-refractivity contribution in [2.24, 2.45) is 11.7 Å². The fourth-order valence-corrected chi connectivity index (χ4v) is 1.37. The summed E-state index contributed by atoms with van der Waals surface area (Å²) in [6, 6.07) is 8.74. The maximum absolute atomic E-state index is 11.5. The van der Waals surface area contributed by atoms with Gasteiger partial charge in [0.05, 0.1) is 6.04 Å². The molecule has 0 fully saturated rings. The van der Waals surface area contributed by atoms with Crippen LogP contribution in [0, 0.1) is 5.92 Å². The third-order valence-electron chi connectivity index (χ3n) is 2.67. The normalized spacial score (nSPS) is 12.0. The Bertz CT molecular complexity index is 418. The van der Waals surface area contributed by atoms with Gasteiger partial charge in [0.15, 0.2) is 0 Å². The van der Waals surface area contributed by atoms with Crippen molar-refractivity contribution in [3.8, 4) is 0 Å². The average molecular weight is 264 g/mol. The molecule has 0 saturated heterocycles. The minimum atomic E-state index is -0.609. The van der Waals surface area contributed by atoms with Gasteiger partial charge in [-0.2, -0.15) is 0 Å². The number of nitrogens with one attached hydrogen (secondary N) is 1. The molecule has 0 bridgehead atoms. The molecule has 1 rings (SSSR count). The van der Waals surface area contributed by atoms with Crippen molar-refractivity contribution in [3.63, 3.8) is 0 Å². The zero-order chi connectivity index (χ0) is 14.3. The molecular weight excluding hydrogens is 244 g/mol. The molecule has 5 heteroatoms. The first kappa shape index (κ1) is 15.2. The van der Waals surface area contributed by atoms with Crippen molar-refractivity contribution >= 4 is 11.9 Å². The first-order chi connectivity index (χ1) is 9.00. The van der Waals surface area contributed by atoms with Gasteiger partial charge in [0, 0.05) is 0 Å². The molecule has 0 aliphatic rings. The largest absolute Gasteiger partial charge is 0.460 e. The maximum atomic E-state index is 11.5. The summed E-state index contributed by atoms with van der Waals surface area (Å²) in [5.41, 5.74) is 6.55. The van der Waals surface area contributed by atoms with Crippen LogP contribution in [0.15, 0.2) is 30.3 Å². The van der Waals surface area contributed by atoms with Crippen molar-refractivity contribution in [2.75, 3.05) is 6.54 Å². The van der Waals surface area contributed by atoms with Crippen LogP contribution < -0.4 is 11.1 Å². The lowest BCUT2D eigenvalue weighted by Crippen LogP contribution is -2.45.